The molecule has 0 aliphatic carbocycles. The number of hydrogen-bond donors (Lipinski definition) is 1. The molecule has 2 rings (SSSR count). The van der Waals surface area contributed by atoms with Crippen molar-refractivity contribution in [3.63, 3.8) is 0 Å². The Morgan fingerprint density at radius 1 is 1.75 bits per heavy atom. The summed E-state index contributed by atoms with van der Waals surface area (Å²) >= 11 is 1.58. The van der Waals surface area contributed by atoms with Crippen LogP contribution in [0.2, 0.25) is 0 Å². The Morgan fingerprint density at radius 3 is 3.25 bits per heavy atom. The molecular formula is C8H11NO2S. The lowest BCUT2D eigenvalue weighted by molar-refractivity contribution is 0.111. The van der Waals surface area contributed by atoms with Crippen molar-refractivity contribution in [1.82, 2.24) is 4.98 Å². The van der Waals surface area contributed by atoms with Crippen molar-refractivity contribution in [2.75, 3.05) is 6.61 Å². The van der Waals surface area contributed by atoms with E-state index in [1.165, 1.54) is 0 Å². The van der Waals surface area contributed by atoms with Crippen LogP contribution in [-0.2, 0) is 11.3 Å². The largest absolute Gasteiger partial charge is 0.390 e. The lowest BCUT2D eigenvalue weighted by Gasteiger charge is -2.03. The van der Waals surface area contributed by atoms with Gasteiger partial charge in [-0.05, 0) is 12.8 Å². The highest BCUT2D eigenvalue weighted by atomic mass is 32.1. The van der Waals surface area contributed by atoms with E-state index in [9.17, 15) is 0 Å². The number of hydrogen-bond acceptors (Lipinski definition) is 4. The molecule has 0 aromatic carbocycles. The van der Waals surface area contributed by atoms with Crippen molar-refractivity contribution in [2.24, 2.45) is 0 Å². The second-order valence-corrected chi connectivity index (χ2v) is 3.73. The zero-order valence-electron chi connectivity index (χ0n) is 6.69. The number of aliphatic hydroxyl groups is 1. The Balaban J connectivity index is 2.11. The monoisotopic (exact) mass is 185 g/mol. The second kappa shape index (κ2) is 3.51. The maximum absolute atomic E-state index is 8.80. The average Bonchev–Trinajstić information content (AvgIpc) is 2.75. The van der Waals surface area contributed by atoms with Crippen molar-refractivity contribution in [3.8, 4) is 0 Å². The summed E-state index contributed by atoms with van der Waals surface area (Å²) in [5.74, 6) is 0. The Kier molecular flexibility index (Phi) is 2.39. The fourth-order valence-corrected chi connectivity index (χ4v) is 2.21. The van der Waals surface area contributed by atoms with E-state index in [-0.39, 0.29) is 12.7 Å². The summed E-state index contributed by atoms with van der Waals surface area (Å²) in [4.78, 5) is 4.25. The van der Waals surface area contributed by atoms with Gasteiger partial charge in [0.1, 0.15) is 11.1 Å². The van der Waals surface area contributed by atoms with Gasteiger partial charge in [-0.2, -0.15) is 0 Å². The lowest BCUT2D eigenvalue weighted by Crippen LogP contribution is -1.95. The molecule has 1 fully saturated rings. The molecule has 1 aliphatic rings. The van der Waals surface area contributed by atoms with Crippen LogP contribution in [0.25, 0.3) is 0 Å². The SMILES string of the molecule is OCc1csc([C@@H]2CCCO2)n1. The standard InChI is InChI=1S/C8H11NO2S/c10-4-6-5-12-8(9-6)7-2-1-3-11-7/h5,7,10H,1-4H2/t7-/m0/s1. The van der Waals surface area contributed by atoms with Gasteiger partial charge in [0.15, 0.2) is 0 Å². The van der Waals surface area contributed by atoms with Crippen molar-refractivity contribution in [2.45, 2.75) is 25.6 Å². The molecule has 1 aromatic rings. The Bertz CT molecular complexity index is 255. The van der Waals surface area contributed by atoms with E-state index in [2.05, 4.69) is 4.98 Å². The summed E-state index contributed by atoms with van der Waals surface area (Å²) in [6, 6.07) is 0. The van der Waals surface area contributed by atoms with Gasteiger partial charge < -0.3 is 9.84 Å². The van der Waals surface area contributed by atoms with Crippen molar-refractivity contribution in [1.29, 1.82) is 0 Å². The summed E-state index contributed by atoms with van der Waals surface area (Å²) in [5, 5.41) is 11.7. The molecule has 1 aliphatic heterocycles. The molecule has 1 atom stereocenters. The van der Waals surface area contributed by atoms with Gasteiger partial charge in [0.25, 0.3) is 0 Å². The van der Waals surface area contributed by atoms with Crippen molar-refractivity contribution < 1.29 is 9.84 Å². The van der Waals surface area contributed by atoms with E-state index in [0.717, 1.165) is 30.2 Å². The molecular weight excluding hydrogens is 174 g/mol. The molecule has 1 aromatic heterocycles. The molecule has 1 saturated heterocycles. The van der Waals surface area contributed by atoms with E-state index in [0.29, 0.717) is 0 Å². The van der Waals surface area contributed by atoms with E-state index >= 15 is 0 Å². The highest BCUT2D eigenvalue weighted by Gasteiger charge is 2.20. The zero-order valence-corrected chi connectivity index (χ0v) is 7.51. The second-order valence-electron chi connectivity index (χ2n) is 2.84. The number of ether oxygens (including phenoxy) is 1. The number of nitrogens with zero attached hydrogens (tertiary/aromatic N) is 1. The third-order valence-electron chi connectivity index (χ3n) is 1.94. The van der Waals surface area contributed by atoms with E-state index in [4.69, 9.17) is 9.84 Å². The molecule has 0 saturated carbocycles. The lowest BCUT2D eigenvalue weighted by atomic mass is 10.2. The molecule has 2 heterocycles. The quantitative estimate of drug-likeness (QED) is 0.759. The first kappa shape index (κ1) is 8.16. The molecule has 0 amide bonds. The predicted molar refractivity (Wildman–Crippen MR) is 46.0 cm³/mol. The smallest absolute Gasteiger partial charge is 0.122 e. The fourth-order valence-electron chi connectivity index (χ4n) is 1.32. The first-order valence-corrected chi connectivity index (χ1v) is 4.95. The van der Waals surface area contributed by atoms with Gasteiger partial charge in [-0.1, -0.05) is 0 Å². The molecule has 3 nitrogen and oxygen atoms in total. The number of aromatic nitrogens is 1. The molecule has 1 N–H and O–H groups in total. The van der Waals surface area contributed by atoms with Gasteiger partial charge in [0, 0.05) is 12.0 Å². The Labute approximate surface area is 75.0 Å². The maximum atomic E-state index is 8.80. The molecule has 0 unspecified atom stereocenters. The first-order valence-electron chi connectivity index (χ1n) is 4.07. The van der Waals surface area contributed by atoms with Gasteiger partial charge in [0.05, 0.1) is 12.3 Å². The van der Waals surface area contributed by atoms with Crippen molar-refractivity contribution in [3.05, 3.63) is 16.1 Å². The van der Waals surface area contributed by atoms with E-state index in [1.54, 1.807) is 11.3 Å². The summed E-state index contributed by atoms with van der Waals surface area (Å²) in [6.07, 6.45) is 2.38. The summed E-state index contributed by atoms with van der Waals surface area (Å²) < 4.78 is 5.46. The molecule has 66 valence electrons. The molecule has 12 heavy (non-hydrogen) atoms. The number of rotatable bonds is 2. The predicted octanol–water partition coefficient (Wildman–Crippen LogP) is 1.49. The molecule has 0 radical (unpaired) electrons. The highest BCUT2D eigenvalue weighted by Crippen LogP contribution is 2.30. The Hall–Kier alpha value is -0.450. The minimum atomic E-state index is 0.0310. The van der Waals surface area contributed by atoms with Crippen LogP contribution in [0, 0.1) is 0 Å². The van der Waals surface area contributed by atoms with Crippen molar-refractivity contribution >= 4 is 11.3 Å². The zero-order chi connectivity index (χ0) is 8.39. The summed E-state index contributed by atoms with van der Waals surface area (Å²) in [5.41, 5.74) is 0.755. The Morgan fingerprint density at radius 2 is 2.67 bits per heavy atom. The fraction of sp³-hybridized carbons (Fsp3) is 0.625. The number of thiazole rings is 1. The molecule has 4 heteroatoms. The van der Waals surface area contributed by atoms with Crippen LogP contribution in [0.15, 0.2) is 5.38 Å². The van der Waals surface area contributed by atoms with Crippen LogP contribution in [0.3, 0.4) is 0 Å². The first-order chi connectivity index (χ1) is 5.90. The van der Waals surface area contributed by atoms with E-state index in [1.807, 2.05) is 5.38 Å². The topological polar surface area (TPSA) is 42.4 Å². The van der Waals surface area contributed by atoms with Gasteiger partial charge in [-0.15, -0.1) is 11.3 Å². The van der Waals surface area contributed by atoms with Crippen LogP contribution >= 0.6 is 11.3 Å². The van der Waals surface area contributed by atoms with Gasteiger partial charge >= 0.3 is 0 Å². The molecule has 0 spiro atoms. The highest BCUT2D eigenvalue weighted by molar-refractivity contribution is 7.09. The number of aliphatic hydroxyl groups excluding tert-OH is 1. The summed E-state index contributed by atoms with van der Waals surface area (Å²) in [7, 11) is 0. The van der Waals surface area contributed by atoms with Gasteiger partial charge in [-0.3, -0.25) is 0 Å². The average molecular weight is 185 g/mol. The molecule has 0 bridgehead atoms. The van der Waals surface area contributed by atoms with Gasteiger partial charge in [0.2, 0.25) is 0 Å². The maximum Gasteiger partial charge on any atom is 0.122 e. The minimum absolute atomic E-state index is 0.0310. The van der Waals surface area contributed by atoms with Crippen LogP contribution < -0.4 is 0 Å². The minimum Gasteiger partial charge on any atom is -0.390 e. The van der Waals surface area contributed by atoms with Crippen LogP contribution in [-0.4, -0.2) is 16.7 Å². The van der Waals surface area contributed by atoms with Crippen LogP contribution in [0.1, 0.15) is 29.6 Å². The van der Waals surface area contributed by atoms with Gasteiger partial charge in [-0.25, -0.2) is 4.98 Å². The third kappa shape index (κ3) is 1.50. The summed E-state index contributed by atoms with van der Waals surface area (Å²) in [6.45, 7) is 0.877. The van der Waals surface area contributed by atoms with Crippen LogP contribution in [0.4, 0.5) is 0 Å². The normalized spacial score (nSPS) is 23.2. The third-order valence-corrected chi connectivity index (χ3v) is 2.92. The van der Waals surface area contributed by atoms with E-state index < -0.39 is 0 Å². The van der Waals surface area contributed by atoms with Crippen LogP contribution in [0.5, 0.6) is 0 Å².